The second kappa shape index (κ2) is 6.83. The summed E-state index contributed by atoms with van der Waals surface area (Å²) in [4.78, 5) is 1.01. The van der Waals surface area contributed by atoms with Gasteiger partial charge in [0, 0.05) is 5.56 Å². The van der Waals surface area contributed by atoms with Crippen molar-refractivity contribution in [1.29, 1.82) is 0 Å². The summed E-state index contributed by atoms with van der Waals surface area (Å²) in [6.07, 6.45) is -6.05. The van der Waals surface area contributed by atoms with Gasteiger partial charge in [0.05, 0.1) is 12.1 Å². The van der Waals surface area contributed by atoms with Gasteiger partial charge in [0.15, 0.2) is 0 Å². The van der Waals surface area contributed by atoms with Crippen LogP contribution in [0.3, 0.4) is 0 Å². The zero-order valence-electron chi connectivity index (χ0n) is 13.6. The van der Waals surface area contributed by atoms with Gasteiger partial charge in [-0.3, -0.25) is 0 Å². The van der Waals surface area contributed by atoms with E-state index in [0.29, 0.717) is 11.1 Å². The van der Waals surface area contributed by atoms with E-state index in [1.165, 1.54) is 36.4 Å². The maximum absolute atomic E-state index is 13.3. The Kier molecular flexibility index (Phi) is 4.73. The molecule has 0 aliphatic carbocycles. The molecule has 26 heavy (non-hydrogen) atoms. The molecule has 0 spiro atoms. The molecule has 0 aliphatic rings. The van der Waals surface area contributed by atoms with E-state index >= 15 is 0 Å². The number of nitrogens with zero attached hydrogens (tertiary/aromatic N) is 4. The van der Waals surface area contributed by atoms with Crippen molar-refractivity contribution in [2.75, 3.05) is 0 Å². The Hall–Kier alpha value is -2.81. The smallest absolute Gasteiger partial charge is 0.386 e. The fourth-order valence-corrected chi connectivity index (χ4v) is 2.52. The molecular weight excluding hydrogens is 352 g/mol. The van der Waals surface area contributed by atoms with Crippen LogP contribution in [-0.4, -0.2) is 25.3 Å². The van der Waals surface area contributed by atoms with E-state index in [4.69, 9.17) is 0 Å². The van der Waals surface area contributed by atoms with Gasteiger partial charge in [-0.05, 0) is 47.5 Å². The summed E-state index contributed by atoms with van der Waals surface area (Å²) in [6.45, 7) is 1.28. The number of benzene rings is 2. The third-order valence-corrected chi connectivity index (χ3v) is 3.83. The Morgan fingerprint density at radius 3 is 2.58 bits per heavy atom. The highest BCUT2D eigenvalue weighted by molar-refractivity contribution is 5.55. The fourth-order valence-electron chi connectivity index (χ4n) is 2.52. The number of rotatable bonds is 4. The summed E-state index contributed by atoms with van der Waals surface area (Å²) in [5, 5.41) is 21.8. The molecule has 1 aromatic heterocycles. The number of aromatic nitrogens is 4. The molecule has 0 fully saturated rings. The second-order valence-corrected chi connectivity index (χ2v) is 5.73. The van der Waals surface area contributed by atoms with Crippen molar-refractivity contribution in [3.63, 3.8) is 0 Å². The van der Waals surface area contributed by atoms with Gasteiger partial charge >= 0.3 is 6.18 Å². The van der Waals surface area contributed by atoms with Crippen LogP contribution in [0, 0.1) is 12.7 Å². The van der Waals surface area contributed by atoms with E-state index in [9.17, 15) is 22.7 Å². The normalized spacial score (nSPS) is 13.0. The van der Waals surface area contributed by atoms with Crippen LogP contribution in [0.1, 0.15) is 22.8 Å². The van der Waals surface area contributed by atoms with Crippen LogP contribution in [0.4, 0.5) is 17.6 Å². The molecule has 0 saturated carbocycles. The van der Waals surface area contributed by atoms with Crippen molar-refractivity contribution < 1.29 is 22.7 Å². The number of hydrogen-bond donors (Lipinski definition) is 1. The number of hydrogen-bond acceptors (Lipinski definition) is 4. The maximum Gasteiger partial charge on any atom is 0.416 e. The van der Waals surface area contributed by atoms with Crippen molar-refractivity contribution in [2.45, 2.75) is 25.7 Å². The predicted octanol–water partition coefficient (Wildman–Crippen LogP) is 3.54. The maximum atomic E-state index is 13.3. The standard InChI is InChI=1S/C17H14F4N4O/c1-10-8-11(6-7-14(10)18)16-22-24-25(23-16)9-15(26)12-4-2-3-5-13(12)17(19,20)21/h2-8,15,26H,9H2,1H3/t15-/m0/s1. The van der Waals surface area contributed by atoms with Crippen LogP contribution >= 0.6 is 0 Å². The van der Waals surface area contributed by atoms with Gasteiger partial charge in [0.25, 0.3) is 0 Å². The van der Waals surface area contributed by atoms with Crippen molar-refractivity contribution >= 4 is 0 Å². The van der Waals surface area contributed by atoms with Crippen molar-refractivity contribution in [3.8, 4) is 11.4 Å². The highest BCUT2D eigenvalue weighted by Crippen LogP contribution is 2.34. The van der Waals surface area contributed by atoms with Gasteiger partial charge in [0.2, 0.25) is 5.82 Å². The average Bonchev–Trinajstić information content (AvgIpc) is 3.05. The molecule has 0 radical (unpaired) electrons. The Morgan fingerprint density at radius 1 is 1.15 bits per heavy atom. The molecule has 2 aromatic carbocycles. The Bertz CT molecular complexity index is 923. The second-order valence-electron chi connectivity index (χ2n) is 5.73. The molecular formula is C17H14F4N4O. The summed E-state index contributed by atoms with van der Waals surface area (Å²) in [7, 11) is 0. The SMILES string of the molecule is Cc1cc(-c2nnn(C[C@H](O)c3ccccc3C(F)(F)F)n2)ccc1F. The third kappa shape index (κ3) is 3.72. The minimum Gasteiger partial charge on any atom is -0.386 e. The molecule has 9 heteroatoms. The molecule has 0 amide bonds. The molecule has 0 saturated heterocycles. The molecule has 0 aliphatic heterocycles. The lowest BCUT2D eigenvalue weighted by Crippen LogP contribution is -2.17. The summed E-state index contributed by atoms with van der Waals surface area (Å²) >= 11 is 0. The summed E-state index contributed by atoms with van der Waals surface area (Å²) in [6, 6.07) is 9.04. The van der Waals surface area contributed by atoms with Gasteiger partial charge in [-0.1, -0.05) is 18.2 Å². The highest BCUT2D eigenvalue weighted by atomic mass is 19.4. The number of halogens is 4. The summed E-state index contributed by atoms with van der Waals surface area (Å²) in [5.74, 6) is -0.190. The number of aliphatic hydroxyl groups excluding tert-OH is 1. The first kappa shape index (κ1) is 18.0. The predicted molar refractivity (Wildman–Crippen MR) is 84.4 cm³/mol. The molecule has 136 valence electrons. The molecule has 0 unspecified atom stereocenters. The number of aliphatic hydroxyl groups is 1. The van der Waals surface area contributed by atoms with Gasteiger partial charge < -0.3 is 5.11 Å². The molecule has 1 atom stereocenters. The van der Waals surface area contributed by atoms with E-state index in [2.05, 4.69) is 15.4 Å². The monoisotopic (exact) mass is 366 g/mol. The number of alkyl halides is 3. The summed E-state index contributed by atoms with van der Waals surface area (Å²) < 4.78 is 52.5. The lowest BCUT2D eigenvalue weighted by molar-refractivity contribution is -0.139. The van der Waals surface area contributed by atoms with Crippen molar-refractivity contribution in [1.82, 2.24) is 20.2 Å². The Balaban J connectivity index is 1.82. The topological polar surface area (TPSA) is 63.8 Å². The van der Waals surface area contributed by atoms with E-state index in [1.54, 1.807) is 6.92 Å². The molecule has 3 rings (SSSR count). The molecule has 3 aromatic rings. The quantitative estimate of drug-likeness (QED) is 0.718. The first-order valence-corrected chi connectivity index (χ1v) is 7.64. The molecule has 5 nitrogen and oxygen atoms in total. The average molecular weight is 366 g/mol. The van der Waals surface area contributed by atoms with E-state index < -0.39 is 17.8 Å². The zero-order chi connectivity index (χ0) is 18.9. The van der Waals surface area contributed by atoms with Gasteiger partial charge in [-0.15, -0.1) is 10.2 Å². The molecule has 1 heterocycles. The minimum atomic E-state index is -4.58. The Labute approximate surface area is 145 Å². The number of aryl methyl sites for hydroxylation is 1. The van der Waals surface area contributed by atoms with Crippen molar-refractivity contribution in [3.05, 3.63) is 65.0 Å². The minimum absolute atomic E-state index is 0.185. The van der Waals surface area contributed by atoms with Crippen LogP contribution in [0.15, 0.2) is 42.5 Å². The van der Waals surface area contributed by atoms with E-state index in [0.717, 1.165) is 10.9 Å². The third-order valence-electron chi connectivity index (χ3n) is 3.83. The first-order chi connectivity index (χ1) is 12.3. The molecule has 0 bridgehead atoms. The highest BCUT2D eigenvalue weighted by Gasteiger charge is 2.34. The van der Waals surface area contributed by atoms with Gasteiger partial charge in [0.1, 0.15) is 11.9 Å². The van der Waals surface area contributed by atoms with Crippen LogP contribution in [0.5, 0.6) is 0 Å². The van der Waals surface area contributed by atoms with E-state index in [1.807, 2.05) is 0 Å². The van der Waals surface area contributed by atoms with Crippen LogP contribution < -0.4 is 0 Å². The lowest BCUT2D eigenvalue weighted by Gasteiger charge is -2.16. The van der Waals surface area contributed by atoms with Gasteiger partial charge in [-0.2, -0.15) is 18.0 Å². The van der Waals surface area contributed by atoms with Gasteiger partial charge in [-0.25, -0.2) is 4.39 Å². The zero-order valence-corrected chi connectivity index (χ0v) is 13.6. The van der Waals surface area contributed by atoms with Crippen LogP contribution in [-0.2, 0) is 12.7 Å². The van der Waals surface area contributed by atoms with Crippen LogP contribution in [0.25, 0.3) is 11.4 Å². The first-order valence-electron chi connectivity index (χ1n) is 7.64. The van der Waals surface area contributed by atoms with Crippen molar-refractivity contribution in [2.24, 2.45) is 0 Å². The lowest BCUT2D eigenvalue weighted by atomic mass is 10.0. The largest absolute Gasteiger partial charge is 0.416 e. The van der Waals surface area contributed by atoms with E-state index in [-0.39, 0.29) is 23.7 Å². The fraction of sp³-hybridized carbons (Fsp3) is 0.235. The van der Waals surface area contributed by atoms with Crippen LogP contribution in [0.2, 0.25) is 0 Å². The Morgan fingerprint density at radius 2 is 1.88 bits per heavy atom. The molecule has 1 N–H and O–H groups in total. The summed E-state index contributed by atoms with van der Waals surface area (Å²) in [5.41, 5.74) is -0.267. The number of tetrazole rings is 1.